The quantitative estimate of drug-likeness (QED) is 0.671. The number of carbonyl (C=O) groups excluding carboxylic acids is 1. The van der Waals surface area contributed by atoms with Crippen LogP contribution in [0.4, 0.5) is 0 Å². The van der Waals surface area contributed by atoms with Crippen molar-refractivity contribution in [2.45, 2.75) is 34.1 Å². The molecule has 0 aliphatic rings. The summed E-state index contributed by atoms with van der Waals surface area (Å²) in [7, 11) is 0. The Morgan fingerprint density at radius 2 is 2.00 bits per heavy atom. The van der Waals surface area contributed by atoms with Gasteiger partial charge >= 0.3 is 5.97 Å². The van der Waals surface area contributed by atoms with Gasteiger partial charge in [-0.2, -0.15) is 0 Å². The molecule has 1 aromatic rings. The number of esters is 1. The number of rotatable bonds is 2. The van der Waals surface area contributed by atoms with Crippen molar-refractivity contribution < 1.29 is 9.53 Å². The molecule has 0 N–H and O–H groups in total. The molecule has 0 aliphatic carbocycles. The molecular formula is C10H14N2O2. The Labute approximate surface area is 83.3 Å². The van der Waals surface area contributed by atoms with Crippen LogP contribution in [0.15, 0.2) is 0 Å². The van der Waals surface area contributed by atoms with Gasteiger partial charge in [0.2, 0.25) is 0 Å². The second-order valence-electron chi connectivity index (χ2n) is 3.08. The van der Waals surface area contributed by atoms with Crippen molar-refractivity contribution in [1.82, 2.24) is 9.97 Å². The minimum Gasteiger partial charge on any atom is -0.423 e. The zero-order valence-electron chi connectivity index (χ0n) is 8.92. The summed E-state index contributed by atoms with van der Waals surface area (Å²) in [6, 6.07) is 0. The molecule has 1 heterocycles. The maximum atomic E-state index is 10.8. The minimum absolute atomic E-state index is 0.338. The molecule has 0 saturated carbocycles. The first-order valence-corrected chi connectivity index (χ1v) is 4.57. The molecule has 4 heteroatoms. The number of carbonyl (C=O) groups is 1. The Kier molecular flexibility index (Phi) is 3.17. The van der Waals surface area contributed by atoms with E-state index in [1.54, 1.807) is 0 Å². The van der Waals surface area contributed by atoms with E-state index in [0.29, 0.717) is 17.3 Å². The Morgan fingerprint density at radius 3 is 2.50 bits per heavy atom. The van der Waals surface area contributed by atoms with E-state index in [1.807, 2.05) is 20.8 Å². The van der Waals surface area contributed by atoms with Crippen molar-refractivity contribution in [2.75, 3.05) is 0 Å². The minimum atomic E-state index is -0.338. The van der Waals surface area contributed by atoms with E-state index < -0.39 is 0 Å². The zero-order valence-corrected chi connectivity index (χ0v) is 8.92. The second-order valence-corrected chi connectivity index (χ2v) is 3.08. The lowest BCUT2D eigenvalue weighted by Crippen LogP contribution is -2.09. The molecule has 0 aliphatic heterocycles. The highest BCUT2D eigenvalue weighted by Crippen LogP contribution is 2.20. The zero-order chi connectivity index (χ0) is 10.7. The van der Waals surface area contributed by atoms with Gasteiger partial charge in [-0.3, -0.25) is 4.79 Å². The van der Waals surface area contributed by atoms with Gasteiger partial charge in [-0.25, -0.2) is 9.97 Å². The molecule has 4 nitrogen and oxygen atoms in total. The van der Waals surface area contributed by atoms with Gasteiger partial charge in [-0.1, -0.05) is 6.92 Å². The highest BCUT2D eigenvalue weighted by Gasteiger charge is 2.11. The summed E-state index contributed by atoms with van der Waals surface area (Å²) < 4.78 is 5.06. The van der Waals surface area contributed by atoms with Crippen LogP contribution >= 0.6 is 0 Å². The molecule has 0 bridgehead atoms. The van der Waals surface area contributed by atoms with Crippen molar-refractivity contribution in [2.24, 2.45) is 0 Å². The van der Waals surface area contributed by atoms with Crippen LogP contribution in [0.5, 0.6) is 5.75 Å². The maximum absolute atomic E-state index is 10.8. The van der Waals surface area contributed by atoms with Crippen molar-refractivity contribution in [3.05, 3.63) is 17.2 Å². The summed E-state index contributed by atoms with van der Waals surface area (Å²) >= 11 is 0. The number of hydrogen-bond donors (Lipinski definition) is 0. The Bertz CT molecular complexity index is 361. The molecule has 1 rings (SSSR count). The van der Waals surface area contributed by atoms with Gasteiger partial charge in [-0.15, -0.1) is 0 Å². The van der Waals surface area contributed by atoms with E-state index in [0.717, 1.165) is 12.1 Å². The van der Waals surface area contributed by atoms with Crippen molar-refractivity contribution >= 4 is 5.97 Å². The normalized spacial score (nSPS) is 10.0. The maximum Gasteiger partial charge on any atom is 0.308 e. The molecule has 14 heavy (non-hydrogen) atoms. The van der Waals surface area contributed by atoms with E-state index in [2.05, 4.69) is 9.97 Å². The van der Waals surface area contributed by atoms with E-state index in [1.165, 1.54) is 6.92 Å². The van der Waals surface area contributed by atoms with Crippen LogP contribution in [0, 0.1) is 13.8 Å². The molecule has 0 spiro atoms. The number of hydrogen-bond acceptors (Lipinski definition) is 4. The lowest BCUT2D eigenvalue weighted by Gasteiger charge is -2.09. The largest absolute Gasteiger partial charge is 0.423 e. The summed E-state index contributed by atoms with van der Waals surface area (Å²) in [6.07, 6.45) is 0.729. The van der Waals surface area contributed by atoms with Crippen LogP contribution in [0.2, 0.25) is 0 Å². The van der Waals surface area contributed by atoms with Crippen LogP contribution in [0.25, 0.3) is 0 Å². The summed E-state index contributed by atoms with van der Waals surface area (Å²) in [5.74, 6) is 0.871. The number of aryl methyl sites for hydroxylation is 3. The number of ether oxygens (including phenoxy) is 1. The van der Waals surface area contributed by atoms with Gasteiger partial charge in [0.25, 0.3) is 0 Å². The average molecular weight is 194 g/mol. The van der Waals surface area contributed by atoms with Crippen LogP contribution < -0.4 is 4.74 Å². The first kappa shape index (κ1) is 10.6. The van der Waals surface area contributed by atoms with Crippen molar-refractivity contribution in [1.29, 1.82) is 0 Å². The van der Waals surface area contributed by atoms with Crippen LogP contribution in [0.3, 0.4) is 0 Å². The lowest BCUT2D eigenvalue weighted by molar-refractivity contribution is -0.132. The molecule has 76 valence electrons. The summed E-state index contributed by atoms with van der Waals surface area (Å²) in [5, 5.41) is 0. The van der Waals surface area contributed by atoms with Gasteiger partial charge in [-0.05, 0) is 20.3 Å². The topological polar surface area (TPSA) is 52.1 Å². The first-order valence-electron chi connectivity index (χ1n) is 4.57. The summed E-state index contributed by atoms with van der Waals surface area (Å²) in [6.45, 7) is 6.97. The van der Waals surface area contributed by atoms with Crippen LogP contribution in [-0.2, 0) is 11.2 Å². The first-order chi connectivity index (χ1) is 6.54. The standard InChI is InChI=1S/C10H14N2O2/c1-5-9-10(14-8(4)13)6(2)11-7(3)12-9/h5H2,1-4H3. The highest BCUT2D eigenvalue weighted by molar-refractivity contribution is 5.69. The third-order valence-electron chi connectivity index (χ3n) is 1.80. The lowest BCUT2D eigenvalue weighted by atomic mass is 10.2. The van der Waals surface area contributed by atoms with E-state index in [9.17, 15) is 4.79 Å². The fourth-order valence-electron chi connectivity index (χ4n) is 1.29. The molecule has 0 unspecified atom stereocenters. The fourth-order valence-corrected chi connectivity index (χ4v) is 1.29. The molecule has 1 aromatic heterocycles. The Morgan fingerprint density at radius 1 is 1.36 bits per heavy atom. The highest BCUT2D eigenvalue weighted by atomic mass is 16.5. The van der Waals surface area contributed by atoms with Crippen LogP contribution in [-0.4, -0.2) is 15.9 Å². The van der Waals surface area contributed by atoms with Gasteiger partial charge in [0.1, 0.15) is 5.82 Å². The SMILES string of the molecule is CCc1nc(C)nc(C)c1OC(C)=O. The average Bonchev–Trinajstić information content (AvgIpc) is 2.08. The predicted molar refractivity (Wildman–Crippen MR) is 52.2 cm³/mol. The molecule has 0 atom stereocenters. The van der Waals surface area contributed by atoms with Crippen molar-refractivity contribution in [3.8, 4) is 5.75 Å². The van der Waals surface area contributed by atoms with Gasteiger partial charge in [0, 0.05) is 6.92 Å². The number of aromatic nitrogens is 2. The van der Waals surface area contributed by atoms with E-state index in [4.69, 9.17) is 4.74 Å². The third-order valence-corrected chi connectivity index (χ3v) is 1.80. The molecule has 0 saturated heterocycles. The second kappa shape index (κ2) is 4.17. The number of nitrogens with zero attached hydrogens (tertiary/aromatic N) is 2. The fraction of sp³-hybridized carbons (Fsp3) is 0.500. The monoisotopic (exact) mass is 194 g/mol. The van der Waals surface area contributed by atoms with Gasteiger partial charge < -0.3 is 4.74 Å². The van der Waals surface area contributed by atoms with E-state index in [-0.39, 0.29) is 5.97 Å². The van der Waals surface area contributed by atoms with Gasteiger partial charge in [0.15, 0.2) is 5.75 Å². The predicted octanol–water partition coefficient (Wildman–Crippen LogP) is 1.58. The van der Waals surface area contributed by atoms with E-state index >= 15 is 0 Å². The van der Waals surface area contributed by atoms with Gasteiger partial charge in [0.05, 0.1) is 11.4 Å². The van der Waals surface area contributed by atoms with Crippen LogP contribution in [0.1, 0.15) is 31.1 Å². The molecule has 0 amide bonds. The smallest absolute Gasteiger partial charge is 0.308 e. The molecule has 0 radical (unpaired) electrons. The van der Waals surface area contributed by atoms with Crippen molar-refractivity contribution in [3.63, 3.8) is 0 Å². The third kappa shape index (κ3) is 2.28. The summed E-state index contributed by atoms with van der Waals surface area (Å²) in [4.78, 5) is 19.2. The summed E-state index contributed by atoms with van der Waals surface area (Å²) in [5.41, 5.74) is 1.50. The Hall–Kier alpha value is -1.45. The molecule has 0 fully saturated rings. The molecule has 0 aromatic carbocycles. The molecular weight excluding hydrogens is 180 g/mol. The Balaban J connectivity index is 3.18.